The lowest BCUT2D eigenvalue weighted by atomic mass is 10.2. The van der Waals surface area contributed by atoms with Crippen molar-refractivity contribution in [3.8, 4) is 5.75 Å². The van der Waals surface area contributed by atoms with Crippen LogP contribution >= 0.6 is 0 Å². The van der Waals surface area contributed by atoms with Gasteiger partial charge in [-0.2, -0.15) is 0 Å². The molecule has 6 heteroatoms. The highest BCUT2D eigenvalue weighted by molar-refractivity contribution is 6.01. The molecule has 0 aliphatic carbocycles. The molecule has 0 unspecified atom stereocenters. The van der Waals surface area contributed by atoms with E-state index in [0.29, 0.717) is 18.9 Å². The van der Waals surface area contributed by atoms with Crippen LogP contribution in [-0.4, -0.2) is 30.1 Å². The molecule has 0 atom stereocenters. The van der Waals surface area contributed by atoms with Crippen molar-refractivity contribution in [1.82, 2.24) is 0 Å². The average molecular weight is 211 g/mol. The maximum absolute atomic E-state index is 11.3. The minimum absolute atomic E-state index is 0.209. The number of furan rings is 1. The molecule has 1 N–H and O–H groups in total. The molecule has 0 saturated carbocycles. The Kier molecular flexibility index (Phi) is 2.11. The standard InChI is InChI=1S/C9H9NO5/c1-5(11)10-2-3-14-6-4-15-8(7(6)10)9(12)13/h4H,2-3H2,1H3,(H,12,13). The van der Waals surface area contributed by atoms with Crippen molar-refractivity contribution < 1.29 is 23.8 Å². The molecule has 0 saturated heterocycles. The fourth-order valence-corrected chi connectivity index (χ4v) is 1.52. The number of rotatable bonds is 1. The minimum atomic E-state index is -1.21. The highest BCUT2D eigenvalue weighted by Crippen LogP contribution is 2.36. The average Bonchev–Trinajstić information content (AvgIpc) is 2.60. The molecule has 80 valence electrons. The van der Waals surface area contributed by atoms with Crippen LogP contribution < -0.4 is 9.64 Å². The van der Waals surface area contributed by atoms with Crippen molar-refractivity contribution in [2.24, 2.45) is 0 Å². The summed E-state index contributed by atoms with van der Waals surface area (Å²) in [6.07, 6.45) is 1.20. The fourth-order valence-electron chi connectivity index (χ4n) is 1.52. The van der Waals surface area contributed by atoms with Gasteiger partial charge >= 0.3 is 5.97 Å². The van der Waals surface area contributed by atoms with Gasteiger partial charge in [-0.05, 0) is 0 Å². The van der Waals surface area contributed by atoms with Gasteiger partial charge in [-0.15, -0.1) is 0 Å². The van der Waals surface area contributed by atoms with Crippen LogP contribution in [0.1, 0.15) is 17.5 Å². The zero-order valence-corrected chi connectivity index (χ0v) is 8.02. The van der Waals surface area contributed by atoms with Gasteiger partial charge in [-0.25, -0.2) is 4.79 Å². The molecule has 0 radical (unpaired) electrons. The molecule has 1 amide bonds. The topological polar surface area (TPSA) is 80.0 Å². The summed E-state index contributed by atoms with van der Waals surface area (Å²) in [6, 6.07) is 0. The maximum Gasteiger partial charge on any atom is 0.374 e. The number of aromatic carboxylic acids is 1. The number of carboxylic acid groups (broad SMARTS) is 1. The zero-order chi connectivity index (χ0) is 11.0. The van der Waals surface area contributed by atoms with E-state index in [1.165, 1.54) is 18.1 Å². The molecule has 1 aromatic heterocycles. The monoisotopic (exact) mass is 211 g/mol. The van der Waals surface area contributed by atoms with Crippen LogP contribution in [0.3, 0.4) is 0 Å². The quantitative estimate of drug-likeness (QED) is 0.740. The fraction of sp³-hybridized carbons (Fsp3) is 0.333. The van der Waals surface area contributed by atoms with E-state index in [0.717, 1.165) is 0 Å². The molecule has 1 aliphatic heterocycles. The molecule has 15 heavy (non-hydrogen) atoms. The number of hydrogen-bond donors (Lipinski definition) is 1. The molecule has 1 aliphatic rings. The Morgan fingerprint density at radius 3 is 2.87 bits per heavy atom. The van der Waals surface area contributed by atoms with Crippen molar-refractivity contribution in [2.75, 3.05) is 18.1 Å². The number of carbonyl (C=O) groups excluding carboxylic acids is 1. The third-order valence-corrected chi connectivity index (χ3v) is 2.15. The second-order valence-corrected chi connectivity index (χ2v) is 3.10. The number of hydrogen-bond acceptors (Lipinski definition) is 4. The molecular weight excluding hydrogens is 202 g/mol. The summed E-state index contributed by atoms with van der Waals surface area (Å²) < 4.78 is 10.0. The number of carbonyl (C=O) groups is 2. The molecule has 1 aromatic rings. The van der Waals surface area contributed by atoms with Gasteiger partial charge in [0.2, 0.25) is 11.7 Å². The van der Waals surface area contributed by atoms with Crippen molar-refractivity contribution in [1.29, 1.82) is 0 Å². The summed E-state index contributed by atoms with van der Waals surface area (Å²) in [5, 5.41) is 8.84. The zero-order valence-electron chi connectivity index (χ0n) is 8.02. The molecule has 0 spiro atoms. The SMILES string of the molecule is CC(=O)N1CCOc2coc(C(=O)O)c21. The third-order valence-electron chi connectivity index (χ3n) is 2.15. The predicted molar refractivity (Wildman–Crippen MR) is 49.2 cm³/mol. The van der Waals surface area contributed by atoms with E-state index < -0.39 is 5.97 Å². The molecule has 0 bridgehead atoms. The number of fused-ring (bicyclic) bond motifs is 1. The van der Waals surface area contributed by atoms with Gasteiger partial charge in [-0.3, -0.25) is 4.79 Å². The van der Waals surface area contributed by atoms with Gasteiger partial charge in [0.1, 0.15) is 18.6 Å². The van der Waals surface area contributed by atoms with E-state index in [-0.39, 0.29) is 17.4 Å². The van der Waals surface area contributed by atoms with Crippen LogP contribution in [0.2, 0.25) is 0 Å². The van der Waals surface area contributed by atoms with Crippen molar-refractivity contribution >= 4 is 17.6 Å². The Morgan fingerprint density at radius 2 is 2.27 bits per heavy atom. The lowest BCUT2D eigenvalue weighted by Crippen LogP contribution is -2.36. The number of anilines is 1. The lowest BCUT2D eigenvalue weighted by Gasteiger charge is -2.25. The van der Waals surface area contributed by atoms with Gasteiger partial charge in [0.05, 0.1) is 6.54 Å². The van der Waals surface area contributed by atoms with Gasteiger partial charge in [0, 0.05) is 6.92 Å². The predicted octanol–water partition coefficient (Wildman–Crippen LogP) is 0.723. The van der Waals surface area contributed by atoms with Crippen LogP contribution in [-0.2, 0) is 4.79 Å². The third kappa shape index (κ3) is 1.43. The molecule has 0 aromatic carbocycles. The minimum Gasteiger partial charge on any atom is -0.486 e. The highest BCUT2D eigenvalue weighted by atomic mass is 16.5. The molecule has 2 heterocycles. The number of carboxylic acids is 1. The van der Waals surface area contributed by atoms with Crippen molar-refractivity contribution in [2.45, 2.75) is 6.92 Å². The Labute approximate surface area is 85.0 Å². The van der Waals surface area contributed by atoms with Gasteiger partial charge in [0.25, 0.3) is 0 Å². The van der Waals surface area contributed by atoms with Gasteiger partial charge < -0.3 is 19.2 Å². The van der Waals surface area contributed by atoms with E-state index in [2.05, 4.69) is 0 Å². The molecule has 6 nitrogen and oxygen atoms in total. The first kappa shape index (κ1) is 9.57. The van der Waals surface area contributed by atoms with Crippen LogP contribution in [0.5, 0.6) is 5.75 Å². The van der Waals surface area contributed by atoms with Crippen LogP contribution in [0.15, 0.2) is 10.7 Å². The molecule has 2 rings (SSSR count). The largest absolute Gasteiger partial charge is 0.486 e. The highest BCUT2D eigenvalue weighted by Gasteiger charge is 2.30. The molecule has 0 fully saturated rings. The number of nitrogens with zero attached hydrogens (tertiary/aromatic N) is 1. The van der Waals surface area contributed by atoms with E-state index in [4.69, 9.17) is 14.3 Å². The molecular formula is C9H9NO5. The van der Waals surface area contributed by atoms with Crippen LogP contribution in [0, 0.1) is 0 Å². The smallest absolute Gasteiger partial charge is 0.374 e. The van der Waals surface area contributed by atoms with E-state index in [1.54, 1.807) is 0 Å². The Morgan fingerprint density at radius 1 is 1.53 bits per heavy atom. The number of amides is 1. The van der Waals surface area contributed by atoms with Crippen LogP contribution in [0.25, 0.3) is 0 Å². The Balaban J connectivity index is 2.52. The Bertz CT molecular complexity index is 422. The first-order valence-electron chi connectivity index (χ1n) is 4.37. The summed E-state index contributed by atoms with van der Waals surface area (Å²) in [5.41, 5.74) is 0.209. The summed E-state index contributed by atoms with van der Waals surface area (Å²) in [7, 11) is 0. The number of ether oxygens (including phenoxy) is 1. The first-order valence-corrected chi connectivity index (χ1v) is 4.37. The second-order valence-electron chi connectivity index (χ2n) is 3.10. The summed E-state index contributed by atoms with van der Waals surface area (Å²) >= 11 is 0. The first-order chi connectivity index (χ1) is 7.11. The van der Waals surface area contributed by atoms with Gasteiger partial charge in [0.15, 0.2) is 5.75 Å². The van der Waals surface area contributed by atoms with Crippen molar-refractivity contribution in [3.05, 3.63) is 12.0 Å². The van der Waals surface area contributed by atoms with Gasteiger partial charge in [-0.1, -0.05) is 0 Å². The van der Waals surface area contributed by atoms with E-state index in [9.17, 15) is 9.59 Å². The van der Waals surface area contributed by atoms with Crippen molar-refractivity contribution in [3.63, 3.8) is 0 Å². The van der Waals surface area contributed by atoms with Crippen LogP contribution in [0.4, 0.5) is 5.69 Å². The Hall–Kier alpha value is -1.98. The summed E-state index contributed by atoms with van der Waals surface area (Å²) in [6.45, 7) is 2.04. The maximum atomic E-state index is 11.3. The summed E-state index contributed by atoms with van der Waals surface area (Å²) in [4.78, 5) is 23.4. The lowest BCUT2D eigenvalue weighted by molar-refractivity contribution is -0.116. The normalized spacial score (nSPS) is 14.3. The summed E-state index contributed by atoms with van der Waals surface area (Å²) in [5.74, 6) is -1.41. The van der Waals surface area contributed by atoms with E-state index in [1.807, 2.05) is 0 Å². The second kappa shape index (κ2) is 3.30. The van der Waals surface area contributed by atoms with E-state index >= 15 is 0 Å².